The number of aromatic nitrogens is 1. The minimum Gasteiger partial charge on any atom is -0.372 e. The minimum atomic E-state index is 0.0407. The molecule has 0 amide bonds. The van der Waals surface area contributed by atoms with Gasteiger partial charge in [0.05, 0.1) is 4.88 Å². The molecule has 0 spiro atoms. The van der Waals surface area contributed by atoms with Gasteiger partial charge in [0.1, 0.15) is 5.69 Å². The average Bonchev–Trinajstić information content (AvgIpc) is 3.06. The molecular weight excluding hydrogens is 366 g/mol. The Kier molecular flexibility index (Phi) is 5.53. The lowest BCUT2D eigenvalue weighted by molar-refractivity contribution is 0.578. The molecule has 1 aliphatic rings. The fourth-order valence-corrected chi connectivity index (χ4v) is 4.73. The van der Waals surface area contributed by atoms with E-state index in [4.69, 9.17) is 0 Å². The SMILES string of the molecule is CC(C)n1sc(-c2ccccc2)c(Nc2ccc(N3CCCCC3)cc2)c1=O. The Morgan fingerprint density at radius 2 is 1.61 bits per heavy atom. The highest BCUT2D eigenvalue weighted by Gasteiger charge is 2.18. The number of benzene rings is 2. The summed E-state index contributed by atoms with van der Waals surface area (Å²) in [5.41, 5.74) is 3.98. The van der Waals surface area contributed by atoms with Gasteiger partial charge < -0.3 is 10.2 Å². The van der Waals surface area contributed by atoms with Crippen LogP contribution in [0.2, 0.25) is 0 Å². The molecule has 4 rings (SSSR count). The first kappa shape index (κ1) is 18.8. The minimum absolute atomic E-state index is 0.0407. The first-order chi connectivity index (χ1) is 13.6. The predicted molar refractivity (Wildman–Crippen MR) is 120 cm³/mol. The van der Waals surface area contributed by atoms with Crippen LogP contribution in [0.5, 0.6) is 0 Å². The molecule has 28 heavy (non-hydrogen) atoms. The zero-order chi connectivity index (χ0) is 19.5. The molecule has 2 heterocycles. The molecule has 0 unspecified atom stereocenters. The molecule has 1 aromatic heterocycles. The van der Waals surface area contributed by atoms with Crippen LogP contribution < -0.4 is 15.8 Å². The van der Waals surface area contributed by atoms with Crippen molar-refractivity contribution >= 4 is 28.6 Å². The van der Waals surface area contributed by atoms with Gasteiger partial charge in [-0.15, -0.1) is 0 Å². The highest BCUT2D eigenvalue weighted by Crippen LogP contribution is 2.34. The highest BCUT2D eigenvalue weighted by molar-refractivity contribution is 7.11. The fraction of sp³-hybridized carbons (Fsp3) is 0.348. The van der Waals surface area contributed by atoms with Crippen molar-refractivity contribution in [1.82, 2.24) is 3.96 Å². The molecule has 1 fully saturated rings. The van der Waals surface area contributed by atoms with Crippen molar-refractivity contribution in [3.63, 3.8) is 0 Å². The summed E-state index contributed by atoms with van der Waals surface area (Å²) in [6, 6.07) is 18.7. The van der Waals surface area contributed by atoms with Crippen LogP contribution in [0.25, 0.3) is 10.4 Å². The quantitative estimate of drug-likeness (QED) is 0.587. The molecule has 2 aromatic carbocycles. The van der Waals surface area contributed by atoms with E-state index >= 15 is 0 Å². The summed E-state index contributed by atoms with van der Waals surface area (Å²) in [7, 11) is 0. The summed E-state index contributed by atoms with van der Waals surface area (Å²) in [5.74, 6) is 0. The van der Waals surface area contributed by atoms with E-state index in [0.717, 1.165) is 29.2 Å². The van der Waals surface area contributed by atoms with E-state index in [2.05, 4.69) is 46.6 Å². The van der Waals surface area contributed by atoms with E-state index in [1.54, 1.807) is 0 Å². The molecule has 146 valence electrons. The molecule has 4 nitrogen and oxygen atoms in total. The van der Waals surface area contributed by atoms with Gasteiger partial charge in [-0.25, -0.2) is 0 Å². The van der Waals surface area contributed by atoms with Crippen LogP contribution in [-0.4, -0.2) is 17.0 Å². The van der Waals surface area contributed by atoms with Crippen molar-refractivity contribution in [2.24, 2.45) is 0 Å². The smallest absolute Gasteiger partial charge is 0.285 e. The number of piperidine rings is 1. The molecule has 1 saturated heterocycles. The molecule has 0 radical (unpaired) electrons. The lowest BCUT2D eigenvalue weighted by atomic mass is 10.1. The van der Waals surface area contributed by atoms with Crippen LogP contribution in [0.3, 0.4) is 0 Å². The number of hydrogen-bond donors (Lipinski definition) is 1. The molecule has 0 atom stereocenters. The van der Waals surface area contributed by atoms with E-state index < -0.39 is 0 Å². The zero-order valence-corrected chi connectivity index (χ0v) is 17.3. The third kappa shape index (κ3) is 3.85. The Bertz CT molecular complexity index is 967. The molecule has 0 bridgehead atoms. The molecular formula is C23H27N3OS. The number of rotatable bonds is 5. The van der Waals surface area contributed by atoms with Crippen molar-refractivity contribution in [1.29, 1.82) is 0 Å². The Labute approximate surface area is 170 Å². The number of anilines is 3. The van der Waals surface area contributed by atoms with E-state index in [1.807, 2.05) is 36.0 Å². The van der Waals surface area contributed by atoms with Crippen LogP contribution in [0.15, 0.2) is 59.4 Å². The second-order valence-electron chi connectivity index (χ2n) is 7.61. The van der Waals surface area contributed by atoms with Crippen molar-refractivity contribution in [3.8, 4) is 10.4 Å². The van der Waals surface area contributed by atoms with Crippen LogP contribution in [0, 0.1) is 0 Å². The Balaban J connectivity index is 1.64. The molecule has 5 heteroatoms. The second-order valence-corrected chi connectivity index (χ2v) is 8.59. The second kappa shape index (κ2) is 8.23. The van der Waals surface area contributed by atoms with Gasteiger partial charge in [0.25, 0.3) is 5.56 Å². The Hall–Kier alpha value is -2.53. The van der Waals surface area contributed by atoms with E-state index in [9.17, 15) is 4.79 Å². The van der Waals surface area contributed by atoms with Gasteiger partial charge in [0.2, 0.25) is 0 Å². The topological polar surface area (TPSA) is 37.3 Å². The van der Waals surface area contributed by atoms with Crippen molar-refractivity contribution in [2.45, 2.75) is 39.2 Å². The lowest BCUT2D eigenvalue weighted by Crippen LogP contribution is -2.29. The van der Waals surface area contributed by atoms with E-state index in [0.29, 0.717) is 5.69 Å². The molecule has 0 aliphatic carbocycles. The van der Waals surface area contributed by atoms with Gasteiger partial charge >= 0.3 is 0 Å². The molecule has 3 aromatic rings. The van der Waals surface area contributed by atoms with Crippen molar-refractivity contribution in [2.75, 3.05) is 23.3 Å². The molecule has 1 aliphatic heterocycles. The Morgan fingerprint density at radius 3 is 2.25 bits per heavy atom. The maximum Gasteiger partial charge on any atom is 0.285 e. The lowest BCUT2D eigenvalue weighted by Gasteiger charge is -2.28. The standard InChI is InChI=1S/C23H27N3OS/c1-17(2)26-23(27)21(22(28-26)18-9-5-3-6-10-18)24-19-11-13-20(14-12-19)25-15-7-4-8-16-25/h3,5-6,9-14,17,24H,4,7-8,15-16H2,1-2H3. The summed E-state index contributed by atoms with van der Waals surface area (Å²) in [6.07, 6.45) is 3.87. The van der Waals surface area contributed by atoms with Crippen molar-refractivity contribution in [3.05, 3.63) is 65.0 Å². The fourth-order valence-electron chi connectivity index (χ4n) is 3.68. The number of nitrogens with zero attached hydrogens (tertiary/aromatic N) is 2. The van der Waals surface area contributed by atoms with Crippen LogP contribution in [-0.2, 0) is 0 Å². The normalized spacial score (nSPS) is 14.5. The summed E-state index contributed by atoms with van der Waals surface area (Å²) < 4.78 is 1.84. The van der Waals surface area contributed by atoms with Crippen LogP contribution in [0.4, 0.5) is 17.1 Å². The number of hydrogen-bond acceptors (Lipinski definition) is 4. The van der Waals surface area contributed by atoms with Gasteiger partial charge in [0.15, 0.2) is 0 Å². The summed E-state index contributed by atoms with van der Waals surface area (Å²) >= 11 is 1.53. The third-order valence-corrected chi connectivity index (χ3v) is 6.60. The third-order valence-electron chi connectivity index (χ3n) is 5.19. The molecule has 1 N–H and O–H groups in total. The summed E-state index contributed by atoms with van der Waals surface area (Å²) in [6.45, 7) is 6.36. The van der Waals surface area contributed by atoms with Gasteiger partial charge in [-0.1, -0.05) is 41.9 Å². The first-order valence-corrected chi connectivity index (χ1v) is 10.8. The highest BCUT2D eigenvalue weighted by atomic mass is 32.1. The summed E-state index contributed by atoms with van der Waals surface area (Å²) in [5, 5.41) is 3.40. The van der Waals surface area contributed by atoms with Crippen molar-refractivity contribution < 1.29 is 0 Å². The van der Waals surface area contributed by atoms with E-state index in [1.165, 1.54) is 36.5 Å². The summed E-state index contributed by atoms with van der Waals surface area (Å²) in [4.78, 5) is 16.5. The maximum atomic E-state index is 13.0. The van der Waals surface area contributed by atoms with Crippen LogP contribution in [0.1, 0.15) is 39.2 Å². The largest absolute Gasteiger partial charge is 0.372 e. The van der Waals surface area contributed by atoms with Gasteiger partial charge in [-0.2, -0.15) is 0 Å². The molecule has 0 saturated carbocycles. The predicted octanol–water partition coefficient (Wildman–Crippen LogP) is 5.89. The first-order valence-electron chi connectivity index (χ1n) is 10.1. The van der Waals surface area contributed by atoms with Gasteiger partial charge in [-0.05, 0) is 62.9 Å². The average molecular weight is 394 g/mol. The maximum absolute atomic E-state index is 13.0. The van der Waals surface area contributed by atoms with E-state index in [-0.39, 0.29) is 11.6 Å². The van der Waals surface area contributed by atoms with Gasteiger partial charge in [-0.3, -0.25) is 8.75 Å². The van der Waals surface area contributed by atoms with Crippen LogP contribution >= 0.6 is 11.5 Å². The van der Waals surface area contributed by atoms with Gasteiger partial charge in [0, 0.05) is 30.5 Å². The zero-order valence-electron chi connectivity index (χ0n) is 16.5. The monoisotopic (exact) mass is 393 g/mol. The Morgan fingerprint density at radius 1 is 0.929 bits per heavy atom. The number of nitrogens with one attached hydrogen (secondary N) is 1.